The van der Waals surface area contributed by atoms with Crippen LogP contribution in [0.25, 0.3) is 39.1 Å². The molecule has 0 aliphatic rings. The molecule has 0 spiro atoms. The Hall–Kier alpha value is -5.18. The van der Waals surface area contributed by atoms with E-state index in [0.717, 1.165) is 33.6 Å². The Bertz CT molecular complexity index is 1750. The third kappa shape index (κ3) is 4.53. The highest BCUT2D eigenvalue weighted by Gasteiger charge is 2.11. The number of pyridine rings is 1. The number of para-hydroxylation sites is 1. The van der Waals surface area contributed by atoms with E-state index < -0.39 is 5.82 Å². The van der Waals surface area contributed by atoms with Crippen molar-refractivity contribution in [1.82, 2.24) is 29.7 Å². The van der Waals surface area contributed by atoms with E-state index in [2.05, 4.69) is 25.4 Å². The van der Waals surface area contributed by atoms with Crippen molar-refractivity contribution in [2.75, 3.05) is 12.4 Å². The van der Waals surface area contributed by atoms with Gasteiger partial charge in [0.1, 0.15) is 6.33 Å². The number of aromatic nitrogens is 6. The lowest BCUT2D eigenvalue weighted by molar-refractivity contribution is 0.386. The number of aryl methyl sites for hydroxylation is 1. The topological polar surface area (TPSA) is 90.6 Å². The van der Waals surface area contributed by atoms with Gasteiger partial charge in [-0.2, -0.15) is 0 Å². The van der Waals surface area contributed by atoms with E-state index >= 15 is 0 Å². The molecular weight excluding hydrogens is 481 g/mol. The van der Waals surface area contributed by atoms with Crippen LogP contribution >= 0.6 is 0 Å². The van der Waals surface area contributed by atoms with Crippen LogP contribution in [0.3, 0.4) is 0 Å². The van der Waals surface area contributed by atoms with E-state index in [0.29, 0.717) is 22.9 Å². The summed E-state index contributed by atoms with van der Waals surface area (Å²) in [5.74, 6) is 0.812. The van der Waals surface area contributed by atoms with Gasteiger partial charge in [0.25, 0.3) is 0 Å². The summed E-state index contributed by atoms with van der Waals surface area (Å²) in [5.41, 5.74) is 5.69. The van der Waals surface area contributed by atoms with Gasteiger partial charge in [-0.15, -0.1) is 5.10 Å². The van der Waals surface area contributed by atoms with Gasteiger partial charge in [0.05, 0.1) is 18.3 Å². The summed E-state index contributed by atoms with van der Waals surface area (Å²) >= 11 is 0. The zero-order valence-electron chi connectivity index (χ0n) is 20.6. The Morgan fingerprint density at radius 2 is 1.71 bits per heavy atom. The summed E-state index contributed by atoms with van der Waals surface area (Å²) < 4.78 is 21.1. The number of anilines is 2. The minimum atomic E-state index is -0.426. The van der Waals surface area contributed by atoms with Crippen molar-refractivity contribution in [2.24, 2.45) is 0 Å². The summed E-state index contributed by atoms with van der Waals surface area (Å²) in [6, 6.07) is 22.2. The molecule has 3 aromatic carbocycles. The molecule has 0 aliphatic carbocycles. The predicted octanol–water partition coefficient (Wildman–Crippen LogP) is 6.14. The van der Waals surface area contributed by atoms with Crippen LogP contribution in [0.15, 0.2) is 91.5 Å². The average Bonchev–Trinajstić information content (AvgIpc) is 3.44. The van der Waals surface area contributed by atoms with Crippen molar-refractivity contribution < 1.29 is 9.13 Å². The first-order valence-corrected chi connectivity index (χ1v) is 11.9. The molecule has 0 radical (unpaired) electrons. The molecule has 6 aromatic rings. The van der Waals surface area contributed by atoms with Gasteiger partial charge in [0.15, 0.2) is 17.4 Å². The lowest BCUT2D eigenvalue weighted by Crippen LogP contribution is -1.99. The van der Waals surface area contributed by atoms with Gasteiger partial charge < -0.3 is 10.1 Å². The number of halogens is 1. The number of fused-ring (bicyclic) bond motifs is 1. The quantitative estimate of drug-likeness (QED) is 0.292. The Kier molecular flexibility index (Phi) is 5.93. The van der Waals surface area contributed by atoms with Gasteiger partial charge in [-0.25, -0.2) is 24.0 Å². The van der Waals surface area contributed by atoms with Crippen molar-refractivity contribution >= 4 is 22.5 Å². The maximum atomic E-state index is 14.4. The molecule has 0 atom stereocenters. The maximum absolute atomic E-state index is 14.4. The van der Waals surface area contributed by atoms with E-state index in [-0.39, 0.29) is 5.75 Å². The standard InChI is InChI=1S/C29H22FN7O/c1-18-6-7-21(16-31-18)28-33-17-37(36-28)23-11-9-22(10-12-23)34-29-32-15-20-4-3-5-24(27(20)35-29)19-8-13-26(38-2)25(30)14-19/h3-17H,1-2H3,(H,32,34,35). The lowest BCUT2D eigenvalue weighted by atomic mass is 10.0. The van der Waals surface area contributed by atoms with Gasteiger partial charge in [0.2, 0.25) is 5.95 Å². The molecule has 0 saturated heterocycles. The van der Waals surface area contributed by atoms with Gasteiger partial charge >= 0.3 is 0 Å². The first-order valence-electron chi connectivity index (χ1n) is 11.9. The number of nitrogens with zero attached hydrogens (tertiary/aromatic N) is 6. The third-order valence-corrected chi connectivity index (χ3v) is 6.12. The molecular formula is C29H22FN7O. The summed E-state index contributed by atoms with van der Waals surface area (Å²) in [6.07, 6.45) is 5.19. The van der Waals surface area contributed by atoms with Gasteiger partial charge in [-0.05, 0) is 61.0 Å². The molecule has 186 valence electrons. The first-order chi connectivity index (χ1) is 18.6. The van der Waals surface area contributed by atoms with Crippen molar-refractivity contribution in [3.63, 3.8) is 0 Å². The second-order valence-corrected chi connectivity index (χ2v) is 8.66. The zero-order valence-corrected chi connectivity index (χ0v) is 20.6. The first kappa shape index (κ1) is 23.2. The van der Waals surface area contributed by atoms with Crippen LogP contribution in [-0.4, -0.2) is 36.8 Å². The number of hydrogen-bond donors (Lipinski definition) is 1. The van der Waals surface area contributed by atoms with Gasteiger partial charge in [0, 0.05) is 40.3 Å². The molecule has 1 N–H and O–H groups in total. The van der Waals surface area contributed by atoms with Crippen molar-refractivity contribution in [2.45, 2.75) is 6.92 Å². The van der Waals surface area contributed by atoms with E-state index in [1.165, 1.54) is 13.2 Å². The molecule has 0 unspecified atom stereocenters. The fourth-order valence-electron chi connectivity index (χ4n) is 4.13. The van der Waals surface area contributed by atoms with Crippen LogP contribution in [0.2, 0.25) is 0 Å². The highest BCUT2D eigenvalue weighted by atomic mass is 19.1. The number of ether oxygens (including phenoxy) is 1. The number of methoxy groups -OCH3 is 1. The van der Waals surface area contributed by atoms with Crippen LogP contribution in [0.1, 0.15) is 5.69 Å². The van der Waals surface area contributed by atoms with E-state index in [9.17, 15) is 4.39 Å². The van der Waals surface area contributed by atoms with Gasteiger partial charge in [-0.3, -0.25) is 4.98 Å². The summed E-state index contributed by atoms with van der Waals surface area (Å²) in [6.45, 7) is 1.94. The fourth-order valence-corrected chi connectivity index (χ4v) is 4.13. The molecule has 0 amide bonds. The van der Waals surface area contributed by atoms with Crippen molar-refractivity contribution in [3.05, 3.63) is 103 Å². The second-order valence-electron chi connectivity index (χ2n) is 8.66. The van der Waals surface area contributed by atoms with Crippen LogP contribution in [0, 0.1) is 12.7 Å². The molecule has 8 nitrogen and oxygen atoms in total. The van der Waals surface area contributed by atoms with Crippen molar-refractivity contribution in [3.8, 4) is 34.0 Å². The fraction of sp³-hybridized carbons (Fsp3) is 0.0690. The van der Waals surface area contributed by atoms with Crippen LogP contribution < -0.4 is 10.1 Å². The average molecular weight is 504 g/mol. The highest BCUT2D eigenvalue weighted by molar-refractivity contribution is 5.94. The molecule has 38 heavy (non-hydrogen) atoms. The zero-order chi connectivity index (χ0) is 26.1. The second kappa shape index (κ2) is 9.70. The normalized spacial score (nSPS) is 11.0. The Labute approximate surface area is 217 Å². The minimum Gasteiger partial charge on any atom is -0.494 e. The SMILES string of the molecule is COc1ccc(-c2cccc3cnc(Nc4ccc(-n5cnc(-c6ccc(C)nc6)n5)cc4)nc23)cc1F. The smallest absolute Gasteiger partial charge is 0.227 e. The Morgan fingerprint density at radius 3 is 2.47 bits per heavy atom. The maximum Gasteiger partial charge on any atom is 0.227 e. The molecule has 9 heteroatoms. The highest BCUT2D eigenvalue weighted by Crippen LogP contribution is 2.31. The lowest BCUT2D eigenvalue weighted by Gasteiger charge is -2.10. The van der Waals surface area contributed by atoms with Gasteiger partial charge in [-0.1, -0.05) is 24.3 Å². The molecule has 6 rings (SSSR count). The molecule has 0 fully saturated rings. The summed E-state index contributed by atoms with van der Waals surface area (Å²) in [7, 11) is 1.44. The van der Waals surface area contributed by atoms with Crippen molar-refractivity contribution in [1.29, 1.82) is 0 Å². The van der Waals surface area contributed by atoms with Crippen LogP contribution in [0.5, 0.6) is 5.75 Å². The monoisotopic (exact) mass is 503 g/mol. The molecule has 0 saturated carbocycles. The number of nitrogens with one attached hydrogen (secondary N) is 1. The number of hydrogen-bond acceptors (Lipinski definition) is 7. The predicted molar refractivity (Wildman–Crippen MR) is 144 cm³/mol. The largest absolute Gasteiger partial charge is 0.494 e. The van der Waals surface area contributed by atoms with E-state index in [1.54, 1.807) is 29.5 Å². The van der Waals surface area contributed by atoms with E-state index in [1.807, 2.05) is 67.6 Å². The van der Waals surface area contributed by atoms with Crippen LogP contribution in [0.4, 0.5) is 16.0 Å². The summed E-state index contributed by atoms with van der Waals surface area (Å²) in [4.78, 5) is 17.9. The third-order valence-electron chi connectivity index (χ3n) is 6.12. The van der Waals surface area contributed by atoms with Crippen LogP contribution in [-0.2, 0) is 0 Å². The molecule has 0 bridgehead atoms. The van der Waals surface area contributed by atoms with E-state index in [4.69, 9.17) is 9.72 Å². The number of rotatable bonds is 6. The minimum absolute atomic E-state index is 0.198. The number of benzene rings is 3. The summed E-state index contributed by atoms with van der Waals surface area (Å²) in [5, 5.41) is 8.67. The Balaban J connectivity index is 1.25. The Morgan fingerprint density at radius 1 is 0.868 bits per heavy atom. The molecule has 3 aromatic heterocycles. The molecule has 3 heterocycles. The molecule has 0 aliphatic heterocycles.